The standard InChI is InChI=1S/C20H19F3N2O4/c1-19(2)15(11-24(12-26)28-3)18(25-9-5-4-6-17(25)27)14-10-13(20(21,22)23)7-8-16(14)29-19/h4-10,12H,11H2,1-3H3. The second-order valence-corrected chi connectivity index (χ2v) is 6.92. The number of hydrogen-bond donors (Lipinski definition) is 0. The highest BCUT2D eigenvalue weighted by Crippen LogP contribution is 2.43. The molecule has 0 saturated carbocycles. The third-order valence-electron chi connectivity index (χ3n) is 4.67. The van der Waals surface area contributed by atoms with Gasteiger partial charge in [-0.25, -0.2) is 5.06 Å². The first-order valence-corrected chi connectivity index (χ1v) is 8.67. The molecule has 9 heteroatoms. The lowest BCUT2D eigenvalue weighted by Crippen LogP contribution is -2.42. The molecule has 0 atom stereocenters. The molecule has 0 radical (unpaired) electrons. The molecule has 0 N–H and O–H groups in total. The van der Waals surface area contributed by atoms with E-state index >= 15 is 0 Å². The molecule has 1 amide bonds. The average molecular weight is 408 g/mol. The number of nitrogens with zero attached hydrogens (tertiary/aromatic N) is 2. The molecule has 1 aromatic heterocycles. The molecule has 3 rings (SSSR count). The van der Waals surface area contributed by atoms with Crippen molar-refractivity contribution in [2.24, 2.45) is 0 Å². The zero-order chi connectivity index (χ0) is 21.4. The molecule has 6 nitrogen and oxygen atoms in total. The highest BCUT2D eigenvalue weighted by Gasteiger charge is 2.39. The molecule has 1 aliphatic heterocycles. The van der Waals surface area contributed by atoms with Crippen LogP contribution in [0.1, 0.15) is 25.0 Å². The number of pyridine rings is 1. The minimum atomic E-state index is -4.57. The number of ether oxygens (including phenoxy) is 1. The van der Waals surface area contributed by atoms with Gasteiger partial charge in [-0.15, -0.1) is 0 Å². The van der Waals surface area contributed by atoms with Crippen LogP contribution < -0.4 is 10.3 Å². The molecular weight excluding hydrogens is 389 g/mol. The van der Waals surface area contributed by atoms with Crippen LogP contribution in [0, 0.1) is 0 Å². The number of alkyl halides is 3. The minimum Gasteiger partial charge on any atom is -0.483 e. The van der Waals surface area contributed by atoms with E-state index in [9.17, 15) is 22.8 Å². The summed E-state index contributed by atoms with van der Waals surface area (Å²) in [5.74, 6) is 0.201. The number of amides is 1. The van der Waals surface area contributed by atoms with Gasteiger partial charge in [0.1, 0.15) is 11.4 Å². The highest BCUT2D eigenvalue weighted by atomic mass is 19.4. The Labute approximate surface area is 164 Å². The van der Waals surface area contributed by atoms with Crippen LogP contribution >= 0.6 is 0 Å². The smallest absolute Gasteiger partial charge is 0.416 e. The molecule has 2 aromatic rings. The van der Waals surface area contributed by atoms with Crippen molar-refractivity contribution < 1.29 is 27.5 Å². The van der Waals surface area contributed by atoms with Crippen LogP contribution in [-0.4, -0.2) is 35.3 Å². The van der Waals surface area contributed by atoms with Crippen molar-refractivity contribution >= 4 is 12.1 Å². The lowest BCUT2D eigenvalue weighted by atomic mass is 9.88. The molecule has 154 valence electrons. The Morgan fingerprint density at radius 3 is 2.55 bits per heavy atom. The van der Waals surface area contributed by atoms with Crippen molar-refractivity contribution in [1.29, 1.82) is 0 Å². The Hall–Kier alpha value is -3.07. The van der Waals surface area contributed by atoms with Gasteiger partial charge < -0.3 is 4.74 Å². The van der Waals surface area contributed by atoms with Gasteiger partial charge in [-0.05, 0) is 38.1 Å². The summed E-state index contributed by atoms with van der Waals surface area (Å²) < 4.78 is 47.2. The number of fused-ring (bicyclic) bond motifs is 1. The lowest BCUT2D eigenvalue weighted by molar-refractivity contribution is -0.159. The van der Waals surface area contributed by atoms with E-state index < -0.39 is 22.9 Å². The highest BCUT2D eigenvalue weighted by molar-refractivity contribution is 5.77. The van der Waals surface area contributed by atoms with Gasteiger partial charge in [-0.3, -0.25) is 19.0 Å². The molecule has 29 heavy (non-hydrogen) atoms. The van der Waals surface area contributed by atoms with E-state index in [-0.39, 0.29) is 23.6 Å². The molecule has 2 heterocycles. The summed E-state index contributed by atoms with van der Waals surface area (Å²) in [6, 6.07) is 7.53. The first-order chi connectivity index (χ1) is 13.6. The van der Waals surface area contributed by atoms with Gasteiger partial charge in [0.15, 0.2) is 0 Å². The van der Waals surface area contributed by atoms with Crippen molar-refractivity contribution in [3.8, 4) is 5.75 Å². The molecular formula is C20H19F3N2O4. The number of halogens is 3. The van der Waals surface area contributed by atoms with Crippen molar-refractivity contribution in [3.63, 3.8) is 0 Å². The third kappa shape index (κ3) is 3.91. The normalized spacial score (nSPS) is 15.5. The van der Waals surface area contributed by atoms with E-state index in [2.05, 4.69) is 0 Å². The van der Waals surface area contributed by atoms with E-state index in [1.807, 2.05) is 0 Å². The van der Waals surface area contributed by atoms with Gasteiger partial charge in [0.05, 0.1) is 24.9 Å². The second-order valence-electron chi connectivity index (χ2n) is 6.92. The fourth-order valence-electron chi connectivity index (χ4n) is 3.22. The summed E-state index contributed by atoms with van der Waals surface area (Å²) in [6.07, 6.45) is -2.67. The summed E-state index contributed by atoms with van der Waals surface area (Å²) in [6.45, 7) is 3.30. The number of rotatable bonds is 5. The fourth-order valence-corrected chi connectivity index (χ4v) is 3.22. The number of carbonyl (C=O) groups is 1. The predicted molar refractivity (Wildman–Crippen MR) is 99.0 cm³/mol. The van der Waals surface area contributed by atoms with Gasteiger partial charge in [0.2, 0.25) is 6.41 Å². The fraction of sp³-hybridized carbons (Fsp3) is 0.300. The predicted octanol–water partition coefficient (Wildman–Crippen LogP) is 3.32. The zero-order valence-electron chi connectivity index (χ0n) is 16.0. The lowest BCUT2D eigenvalue weighted by Gasteiger charge is -2.38. The molecule has 0 unspecified atom stereocenters. The number of hydroxylamine groups is 2. The van der Waals surface area contributed by atoms with Gasteiger partial charge in [-0.1, -0.05) is 6.07 Å². The minimum absolute atomic E-state index is 0.101. The monoisotopic (exact) mass is 408 g/mol. The number of hydrogen-bond acceptors (Lipinski definition) is 4. The topological polar surface area (TPSA) is 60.8 Å². The Kier molecular flexibility index (Phi) is 5.27. The van der Waals surface area contributed by atoms with Crippen molar-refractivity contribution in [2.45, 2.75) is 25.6 Å². The SMILES string of the molecule is CON(C=O)CC1=C(n2ccccc2=O)c2cc(C(F)(F)F)ccc2OC1(C)C. The van der Waals surface area contributed by atoms with Gasteiger partial charge in [-0.2, -0.15) is 13.2 Å². The van der Waals surface area contributed by atoms with Crippen molar-refractivity contribution in [2.75, 3.05) is 13.7 Å². The first-order valence-electron chi connectivity index (χ1n) is 8.67. The molecule has 0 aliphatic carbocycles. The molecule has 1 aromatic carbocycles. The number of aromatic nitrogens is 1. The van der Waals surface area contributed by atoms with Crippen LogP contribution in [0.15, 0.2) is 53.0 Å². The van der Waals surface area contributed by atoms with Crippen LogP contribution in [-0.2, 0) is 15.8 Å². The second kappa shape index (κ2) is 7.40. The van der Waals surface area contributed by atoms with Crippen molar-refractivity contribution in [1.82, 2.24) is 9.63 Å². The summed E-state index contributed by atoms with van der Waals surface area (Å²) in [5, 5.41) is 0.965. The van der Waals surface area contributed by atoms with Crippen LogP contribution in [0.2, 0.25) is 0 Å². The third-order valence-corrected chi connectivity index (χ3v) is 4.67. The number of benzene rings is 1. The van der Waals surface area contributed by atoms with E-state index in [0.29, 0.717) is 12.0 Å². The Balaban J connectivity index is 2.37. The van der Waals surface area contributed by atoms with Crippen molar-refractivity contribution in [3.05, 3.63) is 69.6 Å². The maximum absolute atomic E-state index is 13.3. The maximum atomic E-state index is 13.3. The molecule has 0 fully saturated rings. The Bertz CT molecular complexity index is 1020. The van der Waals surface area contributed by atoms with Crippen LogP contribution in [0.3, 0.4) is 0 Å². The van der Waals surface area contributed by atoms with Gasteiger partial charge in [0, 0.05) is 23.4 Å². The Morgan fingerprint density at radius 1 is 1.24 bits per heavy atom. The molecule has 0 bridgehead atoms. The maximum Gasteiger partial charge on any atom is 0.416 e. The molecule has 0 spiro atoms. The van der Waals surface area contributed by atoms with Gasteiger partial charge >= 0.3 is 6.18 Å². The zero-order valence-corrected chi connectivity index (χ0v) is 16.0. The van der Waals surface area contributed by atoms with E-state index in [0.717, 1.165) is 17.2 Å². The summed E-state index contributed by atoms with van der Waals surface area (Å²) >= 11 is 0. The van der Waals surface area contributed by atoms with E-state index in [1.54, 1.807) is 19.9 Å². The summed E-state index contributed by atoms with van der Waals surface area (Å²) in [7, 11) is 1.29. The molecule has 0 saturated heterocycles. The first kappa shape index (κ1) is 20.7. The molecule has 1 aliphatic rings. The van der Waals surface area contributed by atoms with Crippen LogP contribution in [0.25, 0.3) is 5.70 Å². The quantitative estimate of drug-likeness (QED) is 0.563. The number of carbonyl (C=O) groups excluding carboxylic acids is 1. The van der Waals surface area contributed by atoms with Gasteiger partial charge in [0.25, 0.3) is 5.56 Å². The summed E-state index contributed by atoms with van der Waals surface area (Å²) in [4.78, 5) is 28.8. The average Bonchev–Trinajstić information content (AvgIpc) is 2.65. The van der Waals surface area contributed by atoms with Crippen LogP contribution in [0.5, 0.6) is 5.75 Å². The largest absolute Gasteiger partial charge is 0.483 e. The van der Waals surface area contributed by atoms with E-state index in [1.165, 1.54) is 36.1 Å². The summed E-state index contributed by atoms with van der Waals surface area (Å²) in [5.41, 5.74) is -1.61. The van der Waals surface area contributed by atoms with E-state index in [4.69, 9.17) is 9.57 Å². The van der Waals surface area contributed by atoms with Crippen LogP contribution in [0.4, 0.5) is 13.2 Å². The Morgan fingerprint density at radius 2 is 1.97 bits per heavy atom.